The first kappa shape index (κ1) is 12.8. The van der Waals surface area contributed by atoms with Crippen LogP contribution in [-0.4, -0.2) is 5.54 Å². The van der Waals surface area contributed by atoms with Crippen LogP contribution in [0.5, 0.6) is 0 Å². The van der Waals surface area contributed by atoms with Gasteiger partial charge in [-0.25, -0.2) is 0 Å². The Balaban J connectivity index is 0.00000144. The van der Waals surface area contributed by atoms with Crippen molar-refractivity contribution in [3.63, 3.8) is 0 Å². The van der Waals surface area contributed by atoms with Gasteiger partial charge in [0.15, 0.2) is 0 Å². The maximum Gasteiger partial charge on any atom is 0.0773 e. The summed E-state index contributed by atoms with van der Waals surface area (Å²) in [4.78, 5) is 0. The summed E-state index contributed by atoms with van der Waals surface area (Å²) in [5.74, 6) is 4.11. The molecule has 1 saturated carbocycles. The summed E-state index contributed by atoms with van der Waals surface area (Å²) >= 11 is 0. The quantitative estimate of drug-likeness (QED) is 0.649. The van der Waals surface area contributed by atoms with Crippen molar-refractivity contribution in [3.8, 4) is 12.3 Å². The van der Waals surface area contributed by atoms with Crippen molar-refractivity contribution in [3.05, 3.63) is 0 Å². The van der Waals surface area contributed by atoms with Crippen molar-refractivity contribution in [2.45, 2.75) is 45.1 Å². The van der Waals surface area contributed by atoms with Gasteiger partial charge in [0, 0.05) is 0 Å². The van der Waals surface area contributed by atoms with E-state index in [0.717, 1.165) is 5.92 Å². The Morgan fingerprint density at radius 3 is 2.15 bits per heavy atom. The van der Waals surface area contributed by atoms with Gasteiger partial charge < -0.3 is 5.73 Å². The molecule has 0 aromatic heterocycles. The number of hydrogen-bond donors (Lipinski definition) is 1. The van der Waals surface area contributed by atoms with Crippen LogP contribution >= 0.6 is 12.4 Å². The summed E-state index contributed by atoms with van der Waals surface area (Å²) in [6.45, 7) is 4.29. The molecule has 0 heterocycles. The Bertz CT molecular complexity index is 185. The molecule has 13 heavy (non-hydrogen) atoms. The molecule has 1 fully saturated rings. The van der Waals surface area contributed by atoms with Crippen molar-refractivity contribution in [1.82, 2.24) is 0 Å². The van der Waals surface area contributed by atoms with Gasteiger partial charge in [-0.05, 0) is 31.6 Å². The lowest BCUT2D eigenvalue weighted by Crippen LogP contribution is -2.44. The molecule has 1 atom stereocenters. The van der Waals surface area contributed by atoms with Crippen LogP contribution in [0.2, 0.25) is 0 Å². The zero-order valence-electron chi connectivity index (χ0n) is 8.55. The van der Waals surface area contributed by atoms with Crippen molar-refractivity contribution in [2.75, 3.05) is 0 Å². The summed E-state index contributed by atoms with van der Waals surface area (Å²) < 4.78 is 0. The third-order valence-electron chi connectivity index (χ3n) is 3.17. The fourth-order valence-corrected chi connectivity index (χ4v) is 1.98. The van der Waals surface area contributed by atoms with Crippen molar-refractivity contribution < 1.29 is 0 Å². The van der Waals surface area contributed by atoms with Crippen LogP contribution in [0, 0.1) is 24.2 Å². The predicted octanol–water partition coefficient (Wildman–Crippen LogP) is 2.59. The van der Waals surface area contributed by atoms with E-state index in [1.165, 1.54) is 25.7 Å². The second kappa shape index (κ2) is 4.88. The van der Waals surface area contributed by atoms with Gasteiger partial charge in [0.05, 0.1) is 5.54 Å². The Morgan fingerprint density at radius 2 is 1.77 bits per heavy atom. The van der Waals surface area contributed by atoms with Gasteiger partial charge in [0.2, 0.25) is 0 Å². The molecule has 1 aliphatic rings. The predicted molar refractivity (Wildman–Crippen MR) is 59.8 cm³/mol. The number of hydrogen-bond acceptors (Lipinski definition) is 1. The number of nitrogens with two attached hydrogens (primary N) is 1. The third kappa shape index (κ3) is 3.21. The van der Waals surface area contributed by atoms with Crippen molar-refractivity contribution in [1.29, 1.82) is 0 Å². The fraction of sp³-hybridized carbons (Fsp3) is 0.818. The first-order chi connectivity index (χ1) is 5.56. The van der Waals surface area contributed by atoms with E-state index < -0.39 is 0 Å². The van der Waals surface area contributed by atoms with E-state index in [4.69, 9.17) is 12.2 Å². The lowest BCUT2D eigenvalue weighted by Gasteiger charge is -2.34. The topological polar surface area (TPSA) is 26.0 Å². The molecule has 76 valence electrons. The van der Waals surface area contributed by atoms with Crippen LogP contribution in [-0.2, 0) is 0 Å². The second-order valence-corrected chi connectivity index (χ2v) is 4.38. The maximum atomic E-state index is 6.00. The standard InChI is InChI=1S/C11H19N.ClH/c1-4-11(3,12)10-7-5-9(2)6-8-10;/h1,9-10H,5-8,12H2,2-3H3;1H/t9?,10?,11-;/m1./s1. The highest BCUT2D eigenvalue weighted by Crippen LogP contribution is 2.33. The lowest BCUT2D eigenvalue weighted by atomic mass is 9.74. The van der Waals surface area contributed by atoms with Gasteiger partial charge in [-0.1, -0.05) is 25.7 Å². The summed E-state index contributed by atoms with van der Waals surface area (Å²) in [5.41, 5.74) is 5.63. The molecule has 0 aliphatic heterocycles. The van der Waals surface area contributed by atoms with E-state index in [0.29, 0.717) is 5.92 Å². The molecule has 2 N–H and O–H groups in total. The van der Waals surface area contributed by atoms with E-state index >= 15 is 0 Å². The molecular formula is C11H20ClN. The molecule has 2 heteroatoms. The molecule has 0 radical (unpaired) electrons. The first-order valence-corrected chi connectivity index (χ1v) is 4.83. The molecule has 0 amide bonds. The van der Waals surface area contributed by atoms with Crippen LogP contribution in [0.3, 0.4) is 0 Å². The average molecular weight is 202 g/mol. The van der Waals surface area contributed by atoms with Crippen molar-refractivity contribution >= 4 is 12.4 Å². The Hall–Kier alpha value is -0.190. The monoisotopic (exact) mass is 201 g/mol. The summed E-state index contributed by atoms with van der Waals surface area (Å²) in [6.07, 6.45) is 10.4. The van der Waals surface area contributed by atoms with Crippen LogP contribution in [0.25, 0.3) is 0 Å². The molecule has 0 aromatic carbocycles. The smallest absolute Gasteiger partial charge is 0.0773 e. The number of halogens is 1. The molecule has 1 nitrogen and oxygen atoms in total. The number of rotatable bonds is 1. The second-order valence-electron chi connectivity index (χ2n) is 4.38. The third-order valence-corrected chi connectivity index (χ3v) is 3.17. The minimum atomic E-state index is -0.375. The zero-order chi connectivity index (χ0) is 9.19. The Morgan fingerprint density at radius 1 is 1.31 bits per heavy atom. The Labute approximate surface area is 87.9 Å². The summed E-state index contributed by atoms with van der Waals surface area (Å²) in [7, 11) is 0. The highest BCUT2D eigenvalue weighted by Gasteiger charge is 2.30. The zero-order valence-corrected chi connectivity index (χ0v) is 9.36. The highest BCUT2D eigenvalue weighted by atomic mass is 35.5. The largest absolute Gasteiger partial charge is 0.315 e. The summed E-state index contributed by atoms with van der Waals surface area (Å²) in [5, 5.41) is 0. The minimum Gasteiger partial charge on any atom is -0.315 e. The molecule has 0 aromatic rings. The van der Waals surface area contributed by atoms with Crippen LogP contribution in [0.15, 0.2) is 0 Å². The molecule has 0 unspecified atom stereocenters. The van der Waals surface area contributed by atoms with E-state index in [2.05, 4.69) is 12.8 Å². The van der Waals surface area contributed by atoms with Crippen LogP contribution < -0.4 is 5.73 Å². The van der Waals surface area contributed by atoms with E-state index in [9.17, 15) is 0 Å². The lowest BCUT2D eigenvalue weighted by molar-refractivity contribution is 0.230. The van der Waals surface area contributed by atoms with Crippen molar-refractivity contribution in [2.24, 2.45) is 17.6 Å². The van der Waals surface area contributed by atoms with E-state index in [1.54, 1.807) is 0 Å². The minimum absolute atomic E-state index is 0. The first-order valence-electron chi connectivity index (χ1n) is 4.83. The molecular weight excluding hydrogens is 182 g/mol. The van der Waals surface area contributed by atoms with Crippen LogP contribution in [0.4, 0.5) is 0 Å². The van der Waals surface area contributed by atoms with E-state index in [-0.39, 0.29) is 17.9 Å². The van der Waals surface area contributed by atoms with Gasteiger partial charge in [-0.3, -0.25) is 0 Å². The Kier molecular flexibility index (Phi) is 4.81. The molecule has 0 bridgehead atoms. The fourth-order valence-electron chi connectivity index (χ4n) is 1.98. The average Bonchev–Trinajstić information content (AvgIpc) is 2.05. The van der Waals surface area contributed by atoms with Crippen LogP contribution in [0.1, 0.15) is 39.5 Å². The van der Waals surface area contributed by atoms with Gasteiger partial charge in [-0.15, -0.1) is 18.8 Å². The highest BCUT2D eigenvalue weighted by molar-refractivity contribution is 5.85. The van der Waals surface area contributed by atoms with Gasteiger partial charge in [0.1, 0.15) is 0 Å². The van der Waals surface area contributed by atoms with Gasteiger partial charge in [-0.2, -0.15) is 0 Å². The number of terminal acetylenes is 1. The molecule has 0 saturated heterocycles. The van der Waals surface area contributed by atoms with Gasteiger partial charge >= 0.3 is 0 Å². The molecule has 1 rings (SSSR count). The van der Waals surface area contributed by atoms with E-state index in [1.807, 2.05) is 6.92 Å². The summed E-state index contributed by atoms with van der Waals surface area (Å²) in [6, 6.07) is 0. The van der Waals surface area contributed by atoms with Gasteiger partial charge in [0.25, 0.3) is 0 Å². The maximum absolute atomic E-state index is 6.00. The SMILES string of the molecule is C#C[C@@](C)(N)C1CCC(C)CC1.Cl. The molecule has 0 spiro atoms. The normalized spacial score (nSPS) is 32.5. The molecule has 1 aliphatic carbocycles.